The second kappa shape index (κ2) is 11.3. The lowest BCUT2D eigenvalue weighted by Crippen LogP contribution is -2.38. The van der Waals surface area contributed by atoms with Gasteiger partial charge in [-0.3, -0.25) is 0 Å². The number of aromatic nitrogens is 1. The van der Waals surface area contributed by atoms with E-state index in [1.54, 1.807) is 28.9 Å². The van der Waals surface area contributed by atoms with Gasteiger partial charge in [-0.15, -0.1) is 46.7 Å². The summed E-state index contributed by atoms with van der Waals surface area (Å²) in [7, 11) is 0. The molecule has 0 fully saturated rings. The fourth-order valence-corrected chi connectivity index (χ4v) is 3.68. The van der Waals surface area contributed by atoms with Crippen molar-refractivity contribution in [2.75, 3.05) is 6.54 Å². The smallest absolute Gasteiger partial charge is 0.191 e. The third-order valence-corrected chi connectivity index (χ3v) is 5.58. The van der Waals surface area contributed by atoms with E-state index in [0.29, 0.717) is 13.1 Å². The zero-order valence-electron chi connectivity index (χ0n) is 14.6. The van der Waals surface area contributed by atoms with E-state index in [1.807, 2.05) is 18.3 Å². The number of aliphatic imine (C=N–C) groups is 1. The Bertz CT molecular complexity index is 769. The van der Waals surface area contributed by atoms with Crippen molar-refractivity contribution in [3.05, 3.63) is 62.6 Å². The molecule has 0 aliphatic carbocycles. The van der Waals surface area contributed by atoms with Crippen LogP contribution in [-0.4, -0.2) is 17.5 Å². The Hall–Kier alpha value is -1.39. The molecule has 0 aromatic carbocycles. The van der Waals surface area contributed by atoms with E-state index >= 15 is 0 Å². The molecule has 0 unspecified atom stereocenters. The van der Waals surface area contributed by atoms with Gasteiger partial charge in [0.05, 0.1) is 19.4 Å². The number of hydrogen-bond donors (Lipinski definition) is 2. The topological polar surface area (TPSA) is 62.5 Å². The first-order valence-electron chi connectivity index (χ1n) is 8.34. The highest BCUT2D eigenvalue weighted by atomic mass is 127. The Morgan fingerprint density at radius 2 is 2.15 bits per heavy atom. The third kappa shape index (κ3) is 6.73. The summed E-state index contributed by atoms with van der Waals surface area (Å²) >= 11 is 3.46. The standard InChI is InChI=1S/C18H22N4OS2.HI/c1-2-15-11-20-17(25-15)13-22-18(21-12-16-6-4-10-24-16)19-8-7-14-5-3-9-23-14;/h3-6,9-11H,2,7-8,12-13H2,1H3,(H2,19,21,22);1H. The summed E-state index contributed by atoms with van der Waals surface area (Å²) in [6.45, 7) is 4.27. The largest absolute Gasteiger partial charge is 0.469 e. The lowest BCUT2D eigenvalue weighted by atomic mass is 10.3. The highest BCUT2D eigenvalue weighted by Crippen LogP contribution is 2.13. The third-order valence-electron chi connectivity index (χ3n) is 3.57. The van der Waals surface area contributed by atoms with E-state index in [0.717, 1.165) is 36.1 Å². The van der Waals surface area contributed by atoms with Crippen molar-refractivity contribution in [2.45, 2.75) is 32.9 Å². The predicted molar refractivity (Wildman–Crippen MR) is 120 cm³/mol. The van der Waals surface area contributed by atoms with Crippen LogP contribution in [0.2, 0.25) is 0 Å². The summed E-state index contributed by atoms with van der Waals surface area (Å²) in [4.78, 5) is 11.7. The Morgan fingerprint density at radius 1 is 1.23 bits per heavy atom. The van der Waals surface area contributed by atoms with Gasteiger partial charge in [-0.2, -0.15) is 0 Å². The number of nitrogens with zero attached hydrogens (tertiary/aromatic N) is 2. The van der Waals surface area contributed by atoms with Gasteiger partial charge in [0.25, 0.3) is 0 Å². The molecule has 0 atom stereocenters. The van der Waals surface area contributed by atoms with Gasteiger partial charge in [-0.05, 0) is 30.0 Å². The summed E-state index contributed by atoms with van der Waals surface area (Å²) in [5, 5.41) is 9.90. The van der Waals surface area contributed by atoms with Crippen LogP contribution in [0.1, 0.15) is 27.4 Å². The van der Waals surface area contributed by atoms with E-state index in [-0.39, 0.29) is 24.0 Å². The fraction of sp³-hybridized carbons (Fsp3) is 0.333. The van der Waals surface area contributed by atoms with Crippen molar-refractivity contribution in [2.24, 2.45) is 4.99 Å². The lowest BCUT2D eigenvalue weighted by molar-refractivity contribution is 0.506. The van der Waals surface area contributed by atoms with E-state index in [4.69, 9.17) is 4.42 Å². The van der Waals surface area contributed by atoms with Crippen LogP contribution in [0.3, 0.4) is 0 Å². The van der Waals surface area contributed by atoms with Crippen LogP contribution in [0, 0.1) is 0 Å². The molecule has 0 saturated carbocycles. The average Bonchev–Trinajstić information content (AvgIpc) is 3.39. The number of thiophene rings is 1. The van der Waals surface area contributed by atoms with Crippen LogP contribution in [-0.2, 0) is 25.9 Å². The van der Waals surface area contributed by atoms with Crippen LogP contribution in [0.25, 0.3) is 0 Å². The summed E-state index contributed by atoms with van der Waals surface area (Å²) in [6, 6.07) is 8.05. The van der Waals surface area contributed by atoms with Gasteiger partial charge in [0.15, 0.2) is 5.96 Å². The molecule has 0 saturated heterocycles. The van der Waals surface area contributed by atoms with Gasteiger partial charge in [-0.1, -0.05) is 13.0 Å². The zero-order valence-corrected chi connectivity index (χ0v) is 18.6. The van der Waals surface area contributed by atoms with Crippen molar-refractivity contribution in [3.63, 3.8) is 0 Å². The molecule has 8 heteroatoms. The van der Waals surface area contributed by atoms with Crippen molar-refractivity contribution >= 4 is 52.6 Å². The number of halogens is 1. The summed E-state index contributed by atoms with van der Waals surface area (Å²) in [5.41, 5.74) is 0. The number of nitrogens with one attached hydrogen (secondary N) is 2. The normalized spacial score (nSPS) is 11.2. The molecule has 3 aromatic heterocycles. The molecule has 3 aromatic rings. The molecule has 26 heavy (non-hydrogen) atoms. The SMILES string of the molecule is CCc1cnc(CNC(=NCc2cccs2)NCCc2ccco2)s1.I. The maximum absolute atomic E-state index is 5.37. The van der Waals surface area contributed by atoms with Crippen molar-refractivity contribution < 1.29 is 4.42 Å². The first-order chi connectivity index (χ1) is 12.3. The molecule has 0 radical (unpaired) electrons. The van der Waals surface area contributed by atoms with Crippen LogP contribution in [0.5, 0.6) is 0 Å². The van der Waals surface area contributed by atoms with Crippen LogP contribution in [0.4, 0.5) is 0 Å². The number of furan rings is 1. The summed E-state index contributed by atoms with van der Waals surface area (Å²) in [6.07, 6.45) is 5.50. The fourth-order valence-electron chi connectivity index (χ4n) is 2.25. The molecule has 0 aliphatic heterocycles. The van der Waals surface area contributed by atoms with E-state index in [1.165, 1.54) is 9.75 Å². The maximum atomic E-state index is 5.37. The molecule has 140 valence electrons. The quantitative estimate of drug-likeness (QED) is 0.271. The Balaban J connectivity index is 0.00000243. The molecule has 5 nitrogen and oxygen atoms in total. The number of rotatable bonds is 8. The molecule has 0 bridgehead atoms. The molecule has 0 amide bonds. The minimum atomic E-state index is 0. The van der Waals surface area contributed by atoms with Crippen molar-refractivity contribution in [3.8, 4) is 0 Å². The van der Waals surface area contributed by atoms with Crippen molar-refractivity contribution in [1.82, 2.24) is 15.6 Å². The minimum absolute atomic E-state index is 0. The minimum Gasteiger partial charge on any atom is -0.469 e. The summed E-state index contributed by atoms with van der Waals surface area (Å²) < 4.78 is 5.37. The molecular weight excluding hydrogens is 479 g/mol. The molecule has 2 N–H and O–H groups in total. The van der Waals surface area contributed by atoms with Gasteiger partial charge in [0.2, 0.25) is 0 Å². The monoisotopic (exact) mass is 502 g/mol. The lowest BCUT2D eigenvalue weighted by Gasteiger charge is -2.11. The van der Waals surface area contributed by atoms with Gasteiger partial charge in [-0.25, -0.2) is 9.98 Å². The maximum Gasteiger partial charge on any atom is 0.191 e. The van der Waals surface area contributed by atoms with Gasteiger partial charge in [0, 0.05) is 28.9 Å². The first kappa shape index (κ1) is 20.9. The summed E-state index contributed by atoms with van der Waals surface area (Å²) in [5.74, 6) is 1.77. The number of aryl methyl sites for hydroxylation is 1. The number of hydrogen-bond acceptors (Lipinski definition) is 5. The second-order valence-corrected chi connectivity index (χ2v) is 7.66. The molecule has 3 heterocycles. The number of thiazole rings is 1. The highest BCUT2D eigenvalue weighted by molar-refractivity contribution is 14.0. The van der Waals surface area contributed by atoms with Crippen LogP contribution >= 0.6 is 46.7 Å². The van der Waals surface area contributed by atoms with E-state index < -0.39 is 0 Å². The highest BCUT2D eigenvalue weighted by Gasteiger charge is 2.04. The van der Waals surface area contributed by atoms with E-state index in [2.05, 4.69) is 45.0 Å². The Labute approximate surface area is 179 Å². The average molecular weight is 502 g/mol. The van der Waals surface area contributed by atoms with Crippen molar-refractivity contribution in [1.29, 1.82) is 0 Å². The van der Waals surface area contributed by atoms with Gasteiger partial charge in [0.1, 0.15) is 10.8 Å². The molecular formula is C18H23IN4OS2. The number of guanidine groups is 1. The molecule has 0 spiro atoms. The molecule has 0 aliphatic rings. The van der Waals surface area contributed by atoms with Gasteiger partial charge >= 0.3 is 0 Å². The van der Waals surface area contributed by atoms with Crippen LogP contribution in [0.15, 0.2) is 51.5 Å². The van der Waals surface area contributed by atoms with Gasteiger partial charge < -0.3 is 15.1 Å². The Kier molecular flexibility index (Phi) is 9.13. The van der Waals surface area contributed by atoms with Crippen LogP contribution < -0.4 is 10.6 Å². The predicted octanol–water partition coefficient (Wildman–Crippen LogP) is 4.46. The first-order valence-corrected chi connectivity index (χ1v) is 10.0. The van der Waals surface area contributed by atoms with E-state index in [9.17, 15) is 0 Å². The second-order valence-electron chi connectivity index (χ2n) is 5.43. The zero-order chi connectivity index (χ0) is 17.3. The Morgan fingerprint density at radius 3 is 2.85 bits per heavy atom. The molecule has 3 rings (SSSR count).